The molecule has 1 aromatic carbocycles. The molecule has 0 aliphatic carbocycles. The molecule has 0 saturated carbocycles. The third kappa shape index (κ3) is 4.23. The van der Waals surface area contributed by atoms with E-state index in [1.54, 1.807) is 43.6 Å². The van der Waals surface area contributed by atoms with Crippen molar-refractivity contribution in [2.75, 3.05) is 28.7 Å². The molecule has 132 valence electrons. The standard InChI is InChI=1S/C18H19N7O/c1-11-9-16(25-18(19)22-11)23-12-3-5-13(6-4-12)24-17(26)15-8-7-14(20-2)10-21-15/h3-10,20H,1-2H3,(H,24,26)(H3,19,22,23,25). The van der Waals surface area contributed by atoms with E-state index in [9.17, 15) is 4.79 Å². The van der Waals surface area contributed by atoms with Gasteiger partial charge in [-0.3, -0.25) is 4.79 Å². The van der Waals surface area contributed by atoms with Gasteiger partial charge in [-0.1, -0.05) is 0 Å². The normalized spacial score (nSPS) is 10.2. The second-order valence-corrected chi connectivity index (χ2v) is 5.59. The minimum absolute atomic E-state index is 0.216. The fourth-order valence-corrected chi connectivity index (χ4v) is 2.31. The molecule has 2 heterocycles. The number of nitrogens with one attached hydrogen (secondary N) is 3. The Morgan fingerprint density at radius 1 is 1.00 bits per heavy atom. The maximum Gasteiger partial charge on any atom is 0.274 e. The lowest BCUT2D eigenvalue weighted by molar-refractivity contribution is 0.102. The topological polar surface area (TPSA) is 118 Å². The summed E-state index contributed by atoms with van der Waals surface area (Å²) in [6, 6.07) is 12.5. The van der Waals surface area contributed by atoms with Crippen molar-refractivity contribution >= 4 is 34.7 Å². The van der Waals surface area contributed by atoms with E-state index in [0.29, 0.717) is 17.2 Å². The van der Waals surface area contributed by atoms with E-state index in [0.717, 1.165) is 17.1 Å². The number of amides is 1. The van der Waals surface area contributed by atoms with E-state index < -0.39 is 0 Å². The molecule has 5 N–H and O–H groups in total. The van der Waals surface area contributed by atoms with E-state index >= 15 is 0 Å². The number of carbonyl (C=O) groups is 1. The van der Waals surface area contributed by atoms with E-state index in [-0.39, 0.29) is 11.9 Å². The van der Waals surface area contributed by atoms with Gasteiger partial charge in [0.1, 0.15) is 11.5 Å². The summed E-state index contributed by atoms with van der Waals surface area (Å²) in [6.45, 7) is 1.85. The summed E-state index contributed by atoms with van der Waals surface area (Å²) in [4.78, 5) is 24.5. The van der Waals surface area contributed by atoms with Crippen LogP contribution in [0.15, 0.2) is 48.7 Å². The van der Waals surface area contributed by atoms with E-state index in [1.807, 2.05) is 19.1 Å². The average Bonchev–Trinajstić information content (AvgIpc) is 2.62. The number of benzene rings is 1. The molecule has 0 unspecified atom stereocenters. The highest BCUT2D eigenvalue weighted by Gasteiger charge is 2.08. The van der Waals surface area contributed by atoms with Crippen molar-refractivity contribution in [3.63, 3.8) is 0 Å². The Bertz CT molecular complexity index is 888. The summed E-state index contributed by atoms with van der Waals surface area (Å²) in [7, 11) is 1.80. The van der Waals surface area contributed by atoms with Gasteiger partial charge in [0.05, 0.1) is 11.9 Å². The lowest BCUT2D eigenvalue weighted by Gasteiger charge is -2.09. The van der Waals surface area contributed by atoms with Gasteiger partial charge < -0.3 is 21.7 Å². The van der Waals surface area contributed by atoms with Crippen LogP contribution in [0.5, 0.6) is 0 Å². The van der Waals surface area contributed by atoms with Gasteiger partial charge in [-0.05, 0) is 43.3 Å². The smallest absolute Gasteiger partial charge is 0.274 e. The molecule has 1 amide bonds. The highest BCUT2D eigenvalue weighted by atomic mass is 16.1. The highest BCUT2D eigenvalue weighted by molar-refractivity contribution is 6.03. The number of carbonyl (C=O) groups excluding carboxylic acids is 1. The zero-order chi connectivity index (χ0) is 18.5. The summed E-state index contributed by atoms with van der Waals surface area (Å²) in [5.41, 5.74) is 9.10. The Kier molecular flexibility index (Phi) is 4.93. The van der Waals surface area contributed by atoms with E-state index in [4.69, 9.17) is 5.73 Å². The number of hydrogen-bond donors (Lipinski definition) is 4. The SMILES string of the molecule is CNc1ccc(C(=O)Nc2ccc(Nc3cc(C)nc(N)n3)cc2)nc1. The lowest BCUT2D eigenvalue weighted by Crippen LogP contribution is -2.13. The van der Waals surface area contributed by atoms with Crippen molar-refractivity contribution in [2.45, 2.75) is 6.92 Å². The van der Waals surface area contributed by atoms with Crippen LogP contribution in [-0.2, 0) is 0 Å². The molecule has 2 aromatic heterocycles. The van der Waals surface area contributed by atoms with Gasteiger partial charge in [0.15, 0.2) is 0 Å². The number of nitrogens with two attached hydrogens (primary N) is 1. The van der Waals surface area contributed by atoms with Gasteiger partial charge >= 0.3 is 0 Å². The van der Waals surface area contributed by atoms with Gasteiger partial charge in [-0.2, -0.15) is 4.98 Å². The monoisotopic (exact) mass is 349 g/mol. The Balaban J connectivity index is 1.66. The molecular formula is C18H19N7O. The molecule has 3 aromatic rings. The second-order valence-electron chi connectivity index (χ2n) is 5.59. The zero-order valence-electron chi connectivity index (χ0n) is 14.4. The molecule has 0 bridgehead atoms. The van der Waals surface area contributed by atoms with Crippen molar-refractivity contribution in [1.82, 2.24) is 15.0 Å². The number of nitrogen functional groups attached to an aromatic ring is 1. The van der Waals surface area contributed by atoms with Crippen molar-refractivity contribution in [3.8, 4) is 0 Å². The molecule has 0 atom stereocenters. The number of aromatic nitrogens is 3. The summed E-state index contributed by atoms with van der Waals surface area (Å²) < 4.78 is 0. The molecule has 0 aliphatic rings. The van der Waals surface area contributed by atoms with Gasteiger partial charge in [0, 0.05) is 30.2 Å². The number of nitrogens with zero attached hydrogens (tertiary/aromatic N) is 3. The minimum atomic E-state index is -0.271. The summed E-state index contributed by atoms with van der Waals surface area (Å²) >= 11 is 0. The predicted octanol–water partition coefficient (Wildman–Crippen LogP) is 2.80. The van der Waals surface area contributed by atoms with Crippen LogP contribution in [0.3, 0.4) is 0 Å². The van der Waals surface area contributed by atoms with Crippen LogP contribution in [0.4, 0.5) is 28.8 Å². The van der Waals surface area contributed by atoms with Gasteiger partial charge in [-0.25, -0.2) is 9.97 Å². The van der Waals surface area contributed by atoms with Crippen LogP contribution in [0.2, 0.25) is 0 Å². The fourth-order valence-electron chi connectivity index (χ4n) is 2.31. The van der Waals surface area contributed by atoms with Crippen molar-refractivity contribution in [1.29, 1.82) is 0 Å². The van der Waals surface area contributed by atoms with Gasteiger partial charge in [0.2, 0.25) is 5.95 Å². The summed E-state index contributed by atoms with van der Waals surface area (Å²) in [5, 5.41) is 8.91. The first kappa shape index (κ1) is 17.2. The number of hydrogen-bond acceptors (Lipinski definition) is 7. The molecule has 8 heteroatoms. The fraction of sp³-hybridized carbons (Fsp3) is 0.111. The third-order valence-corrected chi connectivity index (χ3v) is 3.57. The molecule has 0 fully saturated rings. The molecule has 0 spiro atoms. The first-order valence-electron chi connectivity index (χ1n) is 7.97. The van der Waals surface area contributed by atoms with E-state index in [2.05, 4.69) is 30.9 Å². The number of pyridine rings is 1. The molecule has 0 radical (unpaired) electrons. The first-order valence-corrected chi connectivity index (χ1v) is 7.97. The Morgan fingerprint density at radius 3 is 2.31 bits per heavy atom. The van der Waals surface area contributed by atoms with Crippen molar-refractivity contribution in [2.24, 2.45) is 0 Å². The molecular weight excluding hydrogens is 330 g/mol. The molecule has 3 rings (SSSR count). The van der Waals surface area contributed by atoms with Crippen LogP contribution in [-0.4, -0.2) is 27.9 Å². The Labute approximate surface area is 150 Å². The maximum absolute atomic E-state index is 12.2. The summed E-state index contributed by atoms with van der Waals surface area (Å²) in [6.07, 6.45) is 1.61. The van der Waals surface area contributed by atoms with Crippen LogP contribution >= 0.6 is 0 Å². The van der Waals surface area contributed by atoms with Crippen molar-refractivity contribution < 1.29 is 4.79 Å². The lowest BCUT2D eigenvalue weighted by atomic mass is 10.2. The molecule has 26 heavy (non-hydrogen) atoms. The first-order chi connectivity index (χ1) is 12.5. The zero-order valence-corrected chi connectivity index (χ0v) is 14.4. The predicted molar refractivity (Wildman–Crippen MR) is 103 cm³/mol. The largest absolute Gasteiger partial charge is 0.387 e. The average molecular weight is 349 g/mol. The van der Waals surface area contributed by atoms with Crippen LogP contribution in [0, 0.1) is 6.92 Å². The molecule has 0 aliphatic heterocycles. The van der Waals surface area contributed by atoms with Crippen molar-refractivity contribution in [3.05, 3.63) is 60.0 Å². The third-order valence-electron chi connectivity index (χ3n) is 3.57. The Hall–Kier alpha value is -3.68. The number of aryl methyl sites for hydroxylation is 1. The quantitative estimate of drug-likeness (QED) is 0.559. The van der Waals surface area contributed by atoms with Gasteiger partial charge in [-0.15, -0.1) is 0 Å². The molecule has 8 nitrogen and oxygen atoms in total. The van der Waals surface area contributed by atoms with Crippen LogP contribution in [0.25, 0.3) is 0 Å². The molecule has 0 saturated heterocycles. The summed E-state index contributed by atoms with van der Waals surface area (Å²) in [5.74, 6) is 0.557. The maximum atomic E-state index is 12.2. The highest BCUT2D eigenvalue weighted by Crippen LogP contribution is 2.19. The van der Waals surface area contributed by atoms with Crippen LogP contribution < -0.4 is 21.7 Å². The number of anilines is 5. The van der Waals surface area contributed by atoms with Crippen LogP contribution in [0.1, 0.15) is 16.2 Å². The minimum Gasteiger partial charge on any atom is -0.387 e. The Morgan fingerprint density at radius 2 is 1.69 bits per heavy atom. The van der Waals surface area contributed by atoms with E-state index in [1.165, 1.54) is 0 Å². The van der Waals surface area contributed by atoms with Gasteiger partial charge in [0.25, 0.3) is 5.91 Å². The second kappa shape index (κ2) is 7.47. The number of rotatable bonds is 5.